The number of anilines is 1. The van der Waals surface area contributed by atoms with E-state index in [9.17, 15) is 36.5 Å². The fourth-order valence-electron chi connectivity index (χ4n) is 3.15. The van der Waals surface area contributed by atoms with Crippen molar-refractivity contribution >= 4 is 38.5 Å². The molecule has 1 amide bonds. The van der Waals surface area contributed by atoms with Gasteiger partial charge in [0.25, 0.3) is 21.4 Å². The third kappa shape index (κ3) is 4.41. The molecule has 1 aliphatic rings. The van der Waals surface area contributed by atoms with Crippen LogP contribution in [0.25, 0.3) is 0 Å². The van der Waals surface area contributed by atoms with Gasteiger partial charge in [-0.1, -0.05) is 6.07 Å². The molecular formula is C17H16F3N3O5S2. The van der Waals surface area contributed by atoms with E-state index in [-0.39, 0.29) is 17.6 Å². The molecule has 0 unspecified atom stereocenters. The van der Waals surface area contributed by atoms with Gasteiger partial charge in [0, 0.05) is 25.2 Å². The van der Waals surface area contributed by atoms with E-state index in [0.29, 0.717) is 36.9 Å². The molecule has 1 aromatic carbocycles. The summed E-state index contributed by atoms with van der Waals surface area (Å²) in [5, 5.41) is 16.0. The molecule has 0 aliphatic carbocycles. The van der Waals surface area contributed by atoms with Gasteiger partial charge in [0.2, 0.25) is 0 Å². The average Bonchev–Trinajstić information content (AvgIpc) is 3.22. The summed E-state index contributed by atoms with van der Waals surface area (Å²) in [7, 11) is -5.69. The maximum Gasteiger partial charge on any atom is 0.501 e. The molecule has 8 nitrogen and oxygen atoms in total. The molecule has 0 radical (unpaired) electrons. The van der Waals surface area contributed by atoms with Gasteiger partial charge in [0.1, 0.15) is 5.69 Å². The van der Waals surface area contributed by atoms with Crippen molar-refractivity contribution < 1.29 is 31.3 Å². The summed E-state index contributed by atoms with van der Waals surface area (Å²) in [6.45, 7) is 0.614. The Labute approximate surface area is 173 Å². The number of hydrogen-bond acceptors (Lipinski definition) is 7. The fraction of sp³-hybridized carbons (Fsp3) is 0.353. The normalized spacial score (nSPS) is 15.8. The molecule has 0 spiro atoms. The zero-order valence-electron chi connectivity index (χ0n) is 15.3. The SMILES string of the molecule is O=C(NC1CCN(c2ccc(S(=O)(=O)C(F)(F)F)cc2[N+](=O)[O-])CC1)c1cccs1. The van der Waals surface area contributed by atoms with Crippen LogP contribution in [0.4, 0.5) is 24.5 Å². The Morgan fingerprint density at radius 2 is 1.90 bits per heavy atom. The number of sulfone groups is 1. The molecular weight excluding hydrogens is 447 g/mol. The van der Waals surface area contributed by atoms with Crippen LogP contribution in [-0.4, -0.2) is 43.9 Å². The molecule has 1 N–H and O–H groups in total. The maximum atomic E-state index is 12.8. The molecule has 162 valence electrons. The molecule has 1 aromatic heterocycles. The molecule has 30 heavy (non-hydrogen) atoms. The molecule has 1 aliphatic heterocycles. The van der Waals surface area contributed by atoms with Crippen LogP contribution in [0.1, 0.15) is 22.5 Å². The molecule has 1 fully saturated rings. The minimum atomic E-state index is -5.69. The van der Waals surface area contributed by atoms with Gasteiger partial charge in [-0.15, -0.1) is 11.3 Å². The quantitative estimate of drug-likeness (QED) is 0.538. The van der Waals surface area contributed by atoms with Gasteiger partial charge >= 0.3 is 5.51 Å². The number of thiophene rings is 1. The largest absolute Gasteiger partial charge is 0.501 e. The van der Waals surface area contributed by atoms with Gasteiger partial charge in [0.15, 0.2) is 0 Å². The number of nitro benzene ring substituents is 1. The standard InChI is InChI=1S/C17H16F3N3O5S2/c18-17(19,20)30(27,28)12-3-4-13(14(10-12)23(25)26)22-7-5-11(6-8-22)21-16(24)15-2-1-9-29-15/h1-4,9-11H,5-8H2,(H,21,24). The first-order valence-electron chi connectivity index (χ1n) is 8.70. The molecule has 0 bridgehead atoms. The molecule has 2 aromatic rings. The molecule has 0 saturated carbocycles. The average molecular weight is 463 g/mol. The van der Waals surface area contributed by atoms with E-state index in [1.807, 2.05) is 0 Å². The Balaban J connectivity index is 1.75. The van der Waals surface area contributed by atoms with Crippen LogP contribution in [0, 0.1) is 10.1 Å². The van der Waals surface area contributed by atoms with Gasteiger partial charge in [0.05, 0.1) is 14.7 Å². The molecule has 2 heterocycles. The number of nitrogens with one attached hydrogen (secondary N) is 1. The summed E-state index contributed by atoms with van der Waals surface area (Å²) in [5.41, 5.74) is -6.24. The van der Waals surface area contributed by atoms with Crippen molar-refractivity contribution in [2.45, 2.75) is 29.3 Å². The van der Waals surface area contributed by atoms with Crippen molar-refractivity contribution in [3.63, 3.8) is 0 Å². The van der Waals surface area contributed by atoms with E-state index in [1.165, 1.54) is 11.3 Å². The van der Waals surface area contributed by atoms with Crippen molar-refractivity contribution in [2.24, 2.45) is 0 Å². The zero-order valence-corrected chi connectivity index (χ0v) is 16.9. The Hall–Kier alpha value is -2.67. The highest BCUT2D eigenvalue weighted by molar-refractivity contribution is 7.92. The Morgan fingerprint density at radius 1 is 1.23 bits per heavy atom. The highest BCUT2D eigenvalue weighted by Crippen LogP contribution is 2.36. The van der Waals surface area contributed by atoms with Crippen LogP contribution in [0.3, 0.4) is 0 Å². The van der Waals surface area contributed by atoms with Crippen LogP contribution in [-0.2, 0) is 9.84 Å². The summed E-state index contributed by atoms with van der Waals surface area (Å²) in [6.07, 6.45) is 0.938. The Bertz CT molecular complexity index is 1050. The van der Waals surface area contributed by atoms with Gasteiger partial charge in [-0.2, -0.15) is 13.2 Å². The number of benzene rings is 1. The lowest BCUT2D eigenvalue weighted by Crippen LogP contribution is -2.44. The number of hydrogen-bond donors (Lipinski definition) is 1. The second-order valence-electron chi connectivity index (χ2n) is 6.57. The number of piperidine rings is 1. The highest BCUT2D eigenvalue weighted by atomic mass is 32.2. The predicted octanol–water partition coefficient (Wildman–Crippen LogP) is 3.35. The number of alkyl halides is 3. The van der Waals surface area contributed by atoms with Gasteiger partial charge < -0.3 is 10.2 Å². The van der Waals surface area contributed by atoms with E-state index in [4.69, 9.17) is 0 Å². The van der Waals surface area contributed by atoms with Crippen molar-refractivity contribution in [2.75, 3.05) is 18.0 Å². The lowest BCUT2D eigenvalue weighted by atomic mass is 10.0. The molecule has 0 atom stereocenters. The minimum absolute atomic E-state index is 0.0316. The minimum Gasteiger partial charge on any atom is -0.366 e. The molecule has 1 saturated heterocycles. The Morgan fingerprint density at radius 3 is 2.43 bits per heavy atom. The summed E-state index contributed by atoms with van der Waals surface area (Å²) in [5.74, 6) is -0.212. The van der Waals surface area contributed by atoms with E-state index in [0.717, 1.165) is 12.1 Å². The Kier molecular flexibility index (Phi) is 6.04. The first-order chi connectivity index (χ1) is 14.0. The number of carbonyl (C=O) groups is 1. The number of rotatable bonds is 5. The van der Waals surface area contributed by atoms with Crippen LogP contribution in [0.5, 0.6) is 0 Å². The second-order valence-corrected chi connectivity index (χ2v) is 9.46. The second kappa shape index (κ2) is 8.22. The molecule has 3 rings (SSSR count). The topological polar surface area (TPSA) is 110 Å². The summed E-state index contributed by atoms with van der Waals surface area (Å²) < 4.78 is 61.4. The van der Waals surface area contributed by atoms with E-state index >= 15 is 0 Å². The maximum absolute atomic E-state index is 12.8. The van der Waals surface area contributed by atoms with E-state index in [1.54, 1.807) is 22.4 Å². The van der Waals surface area contributed by atoms with Crippen molar-refractivity contribution in [1.82, 2.24) is 5.32 Å². The van der Waals surface area contributed by atoms with Gasteiger partial charge in [-0.05, 0) is 36.4 Å². The third-order valence-corrected chi connectivity index (χ3v) is 7.03. The van der Waals surface area contributed by atoms with E-state index in [2.05, 4.69) is 5.32 Å². The lowest BCUT2D eigenvalue weighted by Gasteiger charge is -2.33. The lowest BCUT2D eigenvalue weighted by molar-refractivity contribution is -0.384. The van der Waals surface area contributed by atoms with Crippen molar-refractivity contribution in [3.05, 3.63) is 50.7 Å². The zero-order chi connectivity index (χ0) is 22.1. The van der Waals surface area contributed by atoms with Crippen LogP contribution in [0.2, 0.25) is 0 Å². The van der Waals surface area contributed by atoms with E-state index < -0.39 is 30.9 Å². The number of amides is 1. The van der Waals surface area contributed by atoms with Crippen LogP contribution < -0.4 is 10.2 Å². The van der Waals surface area contributed by atoms with Gasteiger partial charge in [-0.3, -0.25) is 14.9 Å². The summed E-state index contributed by atoms with van der Waals surface area (Å²) in [4.78, 5) is 23.6. The smallest absolute Gasteiger partial charge is 0.366 e. The number of carbonyl (C=O) groups excluding carboxylic acids is 1. The predicted molar refractivity (Wildman–Crippen MR) is 103 cm³/mol. The van der Waals surface area contributed by atoms with Crippen molar-refractivity contribution in [1.29, 1.82) is 0 Å². The summed E-state index contributed by atoms with van der Waals surface area (Å²) in [6, 6.07) is 5.46. The van der Waals surface area contributed by atoms with Crippen LogP contribution in [0.15, 0.2) is 40.6 Å². The first-order valence-corrected chi connectivity index (χ1v) is 11.1. The van der Waals surface area contributed by atoms with Gasteiger partial charge in [-0.25, -0.2) is 8.42 Å². The first kappa shape index (κ1) is 22.0. The monoisotopic (exact) mass is 463 g/mol. The number of nitro groups is 1. The third-order valence-electron chi connectivity index (χ3n) is 4.67. The molecule has 13 heteroatoms. The number of halogens is 3. The summed E-state index contributed by atoms with van der Waals surface area (Å²) >= 11 is 1.30. The van der Waals surface area contributed by atoms with Crippen molar-refractivity contribution in [3.8, 4) is 0 Å². The number of nitrogens with zero attached hydrogens (tertiary/aromatic N) is 2. The van der Waals surface area contributed by atoms with Crippen LogP contribution >= 0.6 is 11.3 Å². The fourth-order valence-corrected chi connectivity index (χ4v) is 4.55. The highest BCUT2D eigenvalue weighted by Gasteiger charge is 2.47.